The number of hydrogen-bond donors (Lipinski definition) is 1. The van der Waals surface area contributed by atoms with Gasteiger partial charge in [0.05, 0.1) is 13.2 Å². The van der Waals surface area contributed by atoms with Crippen LogP contribution >= 0.6 is 11.5 Å². The van der Waals surface area contributed by atoms with Gasteiger partial charge in [0.1, 0.15) is 11.3 Å². The number of piperazine rings is 1. The lowest BCUT2D eigenvalue weighted by Gasteiger charge is -2.33. The van der Waals surface area contributed by atoms with Gasteiger partial charge < -0.3 is 5.11 Å². The Hall–Kier alpha value is -0.560. The molecular weight excluding hydrogens is 212 g/mol. The van der Waals surface area contributed by atoms with E-state index in [1.165, 1.54) is 11.5 Å². The highest BCUT2D eigenvalue weighted by Crippen LogP contribution is 2.08. The van der Waals surface area contributed by atoms with Crippen LogP contribution in [0.15, 0.2) is 6.33 Å². The molecule has 0 aliphatic carbocycles. The minimum absolute atomic E-state index is 0.260. The van der Waals surface area contributed by atoms with E-state index in [9.17, 15) is 0 Å². The predicted octanol–water partition coefficient (Wildman–Crippen LogP) is -0.352. The van der Waals surface area contributed by atoms with E-state index in [0.717, 1.165) is 44.3 Å². The largest absolute Gasteiger partial charge is 0.395 e. The van der Waals surface area contributed by atoms with Crippen LogP contribution in [0.25, 0.3) is 0 Å². The van der Waals surface area contributed by atoms with Crippen molar-refractivity contribution in [2.45, 2.75) is 6.54 Å². The monoisotopic (exact) mass is 228 g/mol. The molecule has 0 aromatic carbocycles. The number of hydrogen-bond acceptors (Lipinski definition) is 6. The van der Waals surface area contributed by atoms with Crippen LogP contribution in [-0.2, 0) is 6.54 Å². The summed E-state index contributed by atoms with van der Waals surface area (Å²) in [4.78, 5) is 8.85. The standard InChI is InChI=1S/C9H16N4OS/c14-6-5-12-1-3-13(4-2-12)7-9-10-8-11-15-9/h8,14H,1-7H2. The van der Waals surface area contributed by atoms with E-state index in [1.807, 2.05) is 0 Å². The van der Waals surface area contributed by atoms with E-state index >= 15 is 0 Å². The summed E-state index contributed by atoms with van der Waals surface area (Å²) in [5, 5.41) is 9.91. The fraction of sp³-hybridized carbons (Fsp3) is 0.778. The zero-order valence-electron chi connectivity index (χ0n) is 8.67. The zero-order chi connectivity index (χ0) is 10.5. The van der Waals surface area contributed by atoms with Crippen LogP contribution in [0.3, 0.4) is 0 Å². The fourth-order valence-corrected chi connectivity index (χ4v) is 2.32. The maximum Gasteiger partial charge on any atom is 0.129 e. The lowest BCUT2D eigenvalue weighted by molar-refractivity contribution is 0.108. The molecule has 0 spiro atoms. The van der Waals surface area contributed by atoms with Crippen molar-refractivity contribution in [1.82, 2.24) is 19.2 Å². The normalized spacial score (nSPS) is 19.5. The van der Waals surface area contributed by atoms with Crippen molar-refractivity contribution in [2.75, 3.05) is 39.3 Å². The summed E-state index contributed by atoms with van der Waals surface area (Å²) in [5.41, 5.74) is 0. The first kappa shape index (κ1) is 10.9. The molecule has 5 nitrogen and oxygen atoms in total. The van der Waals surface area contributed by atoms with Crippen LogP contribution in [0, 0.1) is 0 Å². The van der Waals surface area contributed by atoms with Crippen LogP contribution < -0.4 is 0 Å². The van der Waals surface area contributed by atoms with E-state index in [-0.39, 0.29) is 6.61 Å². The summed E-state index contributed by atoms with van der Waals surface area (Å²) in [5.74, 6) is 0. The molecule has 1 aromatic heterocycles. The van der Waals surface area contributed by atoms with Crippen LogP contribution in [0.5, 0.6) is 0 Å². The van der Waals surface area contributed by atoms with Crippen molar-refractivity contribution < 1.29 is 5.11 Å². The topological polar surface area (TPSA) is 52.5 Å². The molecule has 1 aliphatic heterocycles. The summed E-state index contributed by atoms with van der Waals surface area (Å²) >= 11 is 1.47. The Morgan fingerprint density at radius 3 is 2.60 bits per heavy atom. The van der Waals surface area contributed by atoms with Crippen molar-refractivity contribution in [3.05, 3.63) is 11.3 Å². The molecule has 1 aliphatic rings. The third kappa shape index (κ3) is 3.20. The summed E-state index contributed by atoms with van der Waals surface area (Å²) in [6.07, 6.45) is 1.61. The minimum atomic E-state index is 0.260. The Balaban J connectivity index is 1.74. The molecule has 1 aromatic rings. The van der Waals surface area contributed by atoms with Gasteiger partial charge >= 0.3 is 0 Å². The first-order valence-corrected chi connectivity index (χ1v) is 5.97. The Morgan fingerprint density at radius 1 is 1.27 bits per heavy atom. The molecule has 84 valence electrons. The van der Waals surface area contributed by atoms with Gasteiger partial charge in [-0.05, 0) is 11.5 Å². The second-order valence-electron chi connectivity index (χ2n) is 3.68. The number of nitrogens with zero attached hydrogens (tertiary/aromatic N) is 4. The number of aliphatic hydroxyl groups excluding tert-OH is 1. The lowest BCUT2D eigenvalue weighted by Crippen LogP contribution is -2.46. The molecule has 0 bridgehead atoms. The molecule has 2 heterocycles. The quantitative estimate of drug-likeness (QED) is 0.763. The summed E-state index contributed by atoms with van der Waals surface area (Å²) in [7, 11) is 0. The van der Waals surface area contributed by atoms with Crippen molar-refractivity contribution >= 4 is 11.5 Å². The van der Waals surface area contributed by atoms with Gasteiger partial charge in [0.25, 0.3) is 0 Å². The van der Waals surface area contributed by atoms with Crippen LogP contribution in [0.2, 0.25) is 0 Å². The Bertz CT molecular complexity index is 272. The van der Waals surface area contributed by atoms with Gasteiger partial charge in [-0.3, -0.25) is 9.80 Å². The van der Waals surface area contributed by atoms with E-state index in [0.29, 0.717) is 0 Å². The van der Waals surface area contributed by atoms with Gasteiger partial charge in [-0.25, -0.2) is 4.98 Å². The van der Waals surface area contributed by atoms with E-state index < -0.39 is 0 Å². The average Bonchev–Trinajstić information content (AvgIpc) is 2.74. The number of rotatable bonds is 4. The van der Waals surface area contributed by atoms with Crippen molar-refractivity contribution in [3.63, 3.8) is 0 Å². The van der Waals surface area contributed by atoms with Gasteiger partial charge in [0, 0.05) is 32.7 Å². The molecule has 0 atom stereocenters. The Morgan fingerprint density at radius 2 is 2.00 bits per heavy atom. The summed E-state index contributed by atoms with van der Waals surface area (Å²) < 4.78 is 3.99. The van der Waals surface area contributed by atoms with Crippen molar-refractivity contribution in [3.8, 4) is 0 Å². The van der Waals surface area contributed by atoms with Crippen LogP contribution in [0.1, 0.15) is 5.01 Å². The number of β-amino-alcohol motifs (C(OH)–C–C–N with tert-alkyl or cyclic N) is 1. The second kappa shape index (κ2) is 5.50. The van der Waals surface area contributed by atoms with Gasteiger partial charge in [0.2, 0.25) is 0 Å². The second-order valence-corrected chi connectivity index (χ2v) is 4.54. The molecule has 2 rings (SSSR count). The fourth-order valence-electron chi connectivity index (χ4n) is 1.77. The highest BCUT2D eigenvalue weighted by Gasteiger charge is 2.16. The Kier molecular flexibility index (Phi) is 4.01. The number of aromatic nitrogens is 2. The van der Waals surface area contributed by atoms with Gasteiger partial charge in [0.15, 0.2) is 0 Å². The molecular formula is C9H16N4OS. The lowest BCUT2D eigenvalue weighted by atomic mass is 10.3. The maximum absolute atomic E-state index is 8.82. The summed E-state index contributed by atoms with van der Waals surface area (Å²) in [6.45, 7) is 6.17. The molecule has 1 N–H and O–H groups in total. The molecule has 1 fully saturated rings. The van der Waals surface area contributed by atoms with Crippen LogP contribution in [0.4, 0.5) is 0 Å². The highest BCUT2D eigenvalue weighted by molar-refractivity contribution is 7.05. The Labute approximate surface area is 93.5 Å². The maximum atomic E-state index is 8.82. The zero-order valence-corrected chi connectivity index (χ0v) is 9.49. The third-order valence-electron chi connectivity index (χ3n) is 2.65. The average molecular weight is 228 g/mol. The molecule has 6 heteroatoms. The van der Waals surface area contributed by atoms with Gasteiger partial charge in [-0.15, -0.1) is 0 Å². The minimum Gasteiger partial charge on any atom is -0.395 e. The smallest absolute Gasteiger partial charge is 0.129 e. The molecule has 0 saturated carbocycles. The van der Waals surface area contributed by atoms with Crippen LogP contribution in [-0.4, -0.2) is 63.6 Å². The van der Waals surface area contributed by atoms with Gasteiger partial charge in [-0.1, -0.05) is 0 Å². The first-order valence-electron chi connectivity index (χ1n) is 5.19. The van der Waals surface area contributed by atoms with E-state index in [2.05, 4.69) is 19.2 Å². The van der Waals surface area contributed by atoms with Gasteiger partial charge in [-0.2, -0.15) is 4.37 Å². The van der Waals surface area contributed by atoms with Crippen molar-refractivity contribution in [1.29, 1.82) is 0 Å². The number of aliphatic hydroxyl groups is 1. The first-order chi connectivity index (χ1) is 7.38. The predicted molar refractivity (Wildman–Crippen MR) is 58.7 cm³/mol. The van der Waals surface area contributed by atoms with E-state index in [1.54, 1.807) is 6.33 Å². The molecule has 0 amide bonds. The molecule has 15 heavy (non-hydrogen) atoms. The summed E-state index contributed by atoms with van der Waals surface area (Å²) in [6, 6.07) is 0. The molecule has 1 saturated heterocycles. The third-order valence-corrected chi connectivity index (χ3v) is 3.29. The SMILES string of the molecule is OCCN1CCN(Cc2ncns2)CC1. The molecule has 0 radical (unpaired) electrons. The highest BCUT2D eigenvalue weighted by atomic mass is 32.1. The van der Waals surface area contributed by atoms with Crippen molar-refractivity contribution in [2.24, 2.45) is 0 Å². The molecule has 0 unspecified atom stereocenters. The van der Waals surface area contributed by atoms with E-state index in [4.69, 9.17) is 5.11 Å².